The molecule has 2 aromatic heterocycles. The Morgan fingerprint density at radius 2 is 2.22 bits per heavy atom. The molecule has 0 spiro atoms. The number of aromatic nitrogens is 3. The van der Waals surface area contributed by atoms with Crippen molar-refractivity contribution in [2.24, 2.45) is 0 Å². The molecule has 6 nitrogen and oxygen atoms in total. The number of nitrogens with zero attached hydrogens (tertiary/aromatic N) is 4. The van der Waals surface area contributed by atoms with Crippen LogP contribution in [0.15, 0.2) is 22.9 Å². The minimum absolute atomic E-state index is 0.161. The van der Waals surface area contributed by atoms with E-state index < -0.39 is 23.3 Å². The van der Waals surface area contributed by atoms with E-state index in [1.165, 1.54) is 11.0 Å². The summed E-state index contributed by atoms with van der Waals surface area (Å²) in [6.07, 6.45) is -3.09. The molecule has 0 radical (unpaired) electrons. The van der Waals surface area contributed by atoms with E-state index in [-0.39, 0.29) is 12.5 Å². The highest BCUT2D eigenvalue weighted by molar-refractivity contribution is 5.95. The lowest BCUT2D eigenvalue weighted by atomic mass is 10.1. The van der Waals surface area contributed by atoms with Crippen molar-refractivity contribution in [3.8, 4) is 0 Å². The van der Waals surface area contributed by atoms with Crippen molar-refractivity contribution in [2.45, 2.75) is 25.4 Å². The van der Waals surface area contributed by atoms with Crippen molar-refractivity contribution in [3.63, 3.8) is 0 Å². The van der Waals surface area contributed by atoms with E-state index in [1.807, 2.05) is 0 Å². The van der Waals surface area contributed by atoms with Crippen molar-refractivity contribution in [3.05, 3.63) is 41.3 Å². The van der Waals surface area contributed by atoms with Crippen molar-refractivity contribution in [1.29, 1.82) is 0 Å². The highest BCUT2D eigenvalue weighted by Gasteiger charge is 2.39. The van der Waals surface area contributed by atoms with Gasteiger partial charge in [-0.3, -0.25) is 9.78 Å². The van der Waals surface area contributed by atoms with Crippen molar-refractivity contribution in [1.82, 2.24) is 20.0 Å². The SMILES string of the molecule is Cc1noc([C@H]2CCN(C(=O)c3cccnc3C(F)(F)F)C2)n1. The van der Waals surface area contributed by atoms with E-state index in [0.717, 1.165) is 12.3 Å². The van der Waals surface area contributed by atoms with Gasteiger partial charge in [0.25, 0.3) is 5.91 Å². The molecule has 1 fully saturated rings. The van der Waals surface area contributed by atoms with Gasteiger partial charge in [-0.05, 0) is 25.5 Å². The Kier molecular flexibility index (Phi) is 3.78. The molecule has 1 aliphatic heterocycles. The lowest BCUT2D eigenvalue weighted by Gasteiger charge is -2.18. The number of rotatable bonds is 2. The topological polar surface area (TPSA) is 72.1 Å². The van der Waals surface area contributed by atoms with Gasteiger partial charge in [-0.25, -0.2) is 0 Å². The maximum absolute atomic E-state index is 13.0. The van der Waals surface area contributed by atoms with Crippen LogP contribution >= 0.6 is 0 Å². The maximum atomic E-state index is 13.0. The number of aryl methyl sites for hydroxylation is 1. The fourth-order valence-corrected chi connectivity index (χ4v) is 2.60. The minimum Gasteiger partial charge on any atom is -0.339 e. The third-order valence-electron chi connectivity index (χ3n) is 3.67. The molecule has 0 unspecified atom stereocenters. The Morgan fingerprint density at radius 1 is 1.43 bits per heavy atom. The normalized spacial score (nSPS) is 18.4. The number of carbonyl (C=O) groups excluding carboxylic acids is 1. The molecule has 23 heavy (non-hydrogen) atoms. The molecule has 0 aromatic carbocycles. The number of hydrogen-bond acceptors (Lipinski definition) is 5. The van der Waals surface area contributed by atoms with Gasteiger partial charge in [-0.2, -0.15) is 18.2 Å². The molecule has 2 aromatic rings. The molecule has 122 valence electrons. The average molecular weight is 326 g/mol. The second-order valence-corrected chi connectivity index (χ2v) is 5.31. The molecule has 3 rings (SSSR count). The monoisotopic (exact) mass is 326 g/mol. The number of amides is 1. The van der Waals surface area contributed by atoms with Gasteiger partial charge in [0, 0.05) is 19.3 Å². The fraction of sp³-hybridized carbons (Fsp3) is 0.429. The fourth-order valence-electron chi connectivity index (χ4n) is 2.60. The Hall–Kier alpha value is -2.45. The van der Waals surface area contributed by atoms with E-state index in [0.29, 0.717) is 24.7 Å². The molecule has 1 atom stereocenters. The zero-order chi connectivity index (χ0) is 16.6. The van der Waals surface area contributed by atoms with Crippen LogP contribution in [0.1, 0.15) is 40.1 Å². The molecule has 0 N–H and O–H groups in total. The minimum atomic E-state index is -4.67. The molecule has 9 heteroatoms. The Labute approximate surface area is 129 Å². The quantitative estimate of drug-likeness (QED) is 0.847. The number of halogens is 3. The first kappa shape index (κ1) is 15.4. The van der Waals surface area contributed by atoms with Crippen LogP contribution in [0.2, 0.25) is 0 Å². The van der Waals surface area contributed by atoms with Crippen molar-refractivity contribution in [2.75, 3.05) is 13.1 Å². The lowest BCUT2D eigenvalue weighted by molar-refractivity contribution is -0.141. The third kappa shape index (κ3) is 3.03. The number of alkyl halides is 3. The van der Waals surface area contributed by atoms with Crippen LogP contribution in [0.5, 0.6) is 0 Å². The summed E-state index contributed by atoms with van der Waals surface area (Å²) in [6, 6.07) is 2.46. The third-order valence-corrected chi connectivity index (χ3v) is 3.67. The molecule has 1 saturated heterocycles. The molecule has 0 bridgehead atoms. The van der Waals surface area contributed by atoms with Gasteiger partial charge < -0.3 is 9.42 Å². The summed E-state index contributed by atoms with van der Waals surface area (Å²) < 4.78 is 44.0. The van der Waals surface area contributed by atoms with Crippen molar-refractivity contribution >= 4 is 5.91 Å². The number of pyridine rings is 1. The zero-order valence-electron chi connectivity index (χ0n) is 12.2. The van der Waals surface area contributed by atoms with Crippen LogP contribution in [0.4, 0.5) is 13.2 Å². The molecule has 3 heterocycles. The summed E-state index contributed by atoms with van der Waals surface area (Å²) in [5.74, 6) is 0.0340. The first-order valence-electron chi connectivity index (χ1n) is 6.98. The number of carbonyl (C=O) groups is 1. The van der Waals surface area contributed by atoms with Gasteiger partial charge in [0.1, 0.15) is 0 Å². The van der Waals surface area contributed by atoms with Gasteiger partial charge in [0.05, 0.1) is 11.5 Å². The zero-order valence-corrected chi connectivity index (χ0v) is 12.2. The first-order valence-corrected chi connectivity index (χ1v) is 6.98. The molecule has 1 amide bonds. The van der Waals surface area contributed by atoms with Crippen LogP contribution in [0.3, 0.4) is 0 Å². The predicted octanol–water partition coefficient (Wildman–Crippen LogP) is 2.42. The Bertz CT molecular complexity index is 729. The molecule has 1 aliphatic rings. The van der Waals surface area contributed by atoms with E-state index >= 15 is 0 Å². The van der Waals surface area contributed by atoms with Crippen LogP contribution < -0.4 is 0 Å². The summed E-state index contributed by atoms with van der Waals surface area (Å²) >= 11 is 0. The van der Waals surface area contributed by atoms with Crippen LogP contribution in [-0.2, 0) is 6.18 Å². The van der Waals surface area contributed by atoms with Gasteiger partial charge in [-0.1, -0.05) is 5.16 Å². The van der Waals surface area contributed by atoms with Gasteiger partial charge in [-0.15, -0.1) is 0 Å². The largest absolute Gasteiger partial charge is 0.434 e. The van der Waals surface area contributed by atoms with Crippen molar-refractivity contribution < 1.29 is 22.5 Å². The lowest BCUT2D eigenvalue weighted by Crippen LogP contribution is -2.30. The summed E-state index contributed by atoms with van der Waals surface area (Å²) in [7, 11) is 0. The van der Waals surface area contributed by atoms with Gasteiger partial charge in [0.2, 0.25) is 5.89 Å². The second-order valence-electron chi connectivity index (χ2n) is 5.31. The van der Waals surface area contributed by atoms with Gasteiger partial charge in [0.15, 0.2) is 11.5 Å². The Balaban J connectivity index is 1.80. The van der Waals surface area contributed by atoms with Crippen LogP contribution in [0.25, 0.3) is 0 Å². The predicted molar refractivity (Wildman–Crippen MR) is 71.5 cm³/mol. The van der Waals surface area contributed by atoms with E-state index in [9.17, 15) is 18.0 Å². The number of likely N-dealkylation sites (tertiary alicyclic amines) is 1. The van der Waals surface area contributed by atoms with E-state index in [1.54, 1.807) is 6.92 Å². The Morgan fingerprint density at radius 3 is 2.87 bits per heavy atom. The standard InChI is InChI=1S/C14H13F3N4O2/c1-8-19-12(23-20-8)9-4-6-21(7-9)13(22)10-3-2-5-18-11(10)14(15,16)17/h2-3,5,9H,4,6-7H2,1H3/t9-/m0/s1. The molecule has 0 aliphatic carbocycles. The maximum Gasteiger partial charge on any atom is 0.434 e. The van der Waals surface area contributed by atoms with E-state index in [4.69, 9.17) is 4.52 Å². The molecule has 0 saturated carbocycles. The number of hydrogen-bond donors (Lipinski definition) is 0. The summed E-state index contributed by atoms with van der Waals surface area (Å²) in [5.41, 5.74) is -1.61. The van der Waals surface area contributed by atoms with Gasteiger partial charge >= 0.3 is 6.18 Å². The van der Waals surface area contributed by atoms with Crippen LogP contribution in [0, 0.1) is 6.92 Å². The smallest absolute Gasteiger partial charge is 0.339 e. The molecular weight excluding hydrogens is 313 g/mol. The van der Waals surface area contributed by atoms with E-state index in [2.05, 4.69) is 15.1 Å². The molecular formula is C14H13F3N4O2. The average Bonchev–Trinajstić information content (AvgIpc) is 3.14. The first-order chi connectivity index (χ1) is 10.9. The summed E-state index contributed by atoms with van der Waals surface area (Å²) in [6.45, 7) is 2.25. The highest BCUT2D eigenvalue weighted by Crippen LogP contribution is 2.32. The van der Waals surface area contributed by atoms with Crippen LogP contribution in [-0.4, -0.2) is 39.0 Å². The summed E-state index contributed by atoms with van der Waals surface area (Å²) in [4.78, 5) is 21.2. The second kappa shape index (κ2) is 5.64. The highest BCUT2D eigenvalue weighted by atomic mass is 19.4. The summed E-state index contributed by atoms with van der Waals surface area (Å²) in [5, 5.41) is 3.69.